The van der Waals surface area contributed by atoms with Gasteiger partial charge in [-0.1, -0.05) is 42.5 Å². The van der Waals surface area contributed by atoms with Crippen LogP contribution in [0.2, 0.25) is 0 Å². The average Bonchev–Trinajstić information content (AvgIpc) is 2.67. The lowest BCUT2D eigenvalue weighted by Crippen LogP contribution is -2.51. The van der Waals surface area contributed by atoms with Crippen LogP contribution in [0.3, 0.4) is 0 Å². The van der Waals surface area contributed by atoms with Gasteiger partial charge in [0.05, 0.1) is 18.7 Å². The average molecular weight is 353 g/mol. The Kier molecular flexibility index (Phi) is 5.73. The number of phenols is 1. The second kappa shape index (κ2) is 8.38. The number of benzene rings is 2. The Hall–Kier alpha value is -3.02. The molecule has 0 saturated carbocycles. The van der Waals surface area contributed by atoms with E-state index in [4.69, 9.17) is 0 Å². The number of hydrogen-bond acceptors (Lipinski definition) is 4. The van der Waals surface area contributed by atoms with E-state index < -0.39 is 0 Å². The van der Waals surface area contributed by atoms with Gasteiger partial charge < -0.3 is 20.2 Å². The second-order valence-corrected chi connectivity index (χ2v) is 6.30. The van der Waals surface area contributed by atoms with E-state index in [-0.39, 0.29) is 30.5 Å². The molecule has 3 rings (SSSR count). The van der Waals surface area contributed by atoms with Crippen LogP contribution < -0.4 is 10.2 Å². The van der Waals surface area contributed by atoms with E-state index in [0.717, 1.165) is 11.3 Å². The van der Waals surface area contributed by atoms with Crippen molar-refractivity contribution in [3.8, 4) is 5.75 Å². The normalized spacial score (nSPS) is 14.2. The van der Waals surface area contributed by atoms with Crippen molar-refractivity contribution < 1.29 is 14.7 Å². The number of carbonyl (C=O) groups excluding carboxylic acids is 2. The quantitative estimate of drug-likeness (QED) is 0.852. The fraction of sp³-hybridized carbons (Fsp3) is 0.300. The summed E-state index contributed by atoms with van der Waals surface area (Å²) in [6, 6.07) is 16.7. The summed E-state index contributed by atoms with van der Waals surface area (Å²) < 4.78 is 0. The van der Waals surface area contributed by atoms with Crippen molar-refractivity contribution in [2.24, 2.45) is 0 Å². The van der Waals surface area contributed by atoms with Gasteiger partial charge in [-0.2, -0.15) is 0 Å². The highest BCUT2D eigenvalue weighted by molar-refractivity contribution is 5.85. The van der Waals surface area contributed by atoms with Crippen molar-refractivity contribution in [2.45, 2.75) is 6.42 Å². The SMILES string of the molecule is O=C(Cc1ccccc1)NCC(=O)N1CCN(c2ccccc2O)CC1. The van der Waals surface area contributed by atoms with Crippen LogP contribution in [0.4, 0.5) is 5.69 Å². The van der Waals surface area contributed by atoms with Crippen LogP contribution in [-0.4, -0.2) is 54.5 Å². The van der Waals surface area contributed by atoms with Crippen molar-refractivity contribution in [3.63, 3.8) is 0 Å². The van der Waals surface area contributed by atoms with E-state index in [1.165, 1.54) is 0 Å². The maximum Gasteiger partial charge on any atom is 0.242 e. The standard InChI is InChI=1S/C20H23N3O3/c24-18-9-5-4-8-17(18)22-10-12-23(13-11-22)20(26)15-21-19(25)14-16-6-2-1-3-7-16/h1-9,24H,10-15H2,(H,21,25). The molecule has 2 amide bonds. The first-order valence-electron chi connectivity index (χ1n) is 8.75. The number of aromatic hydroxyl groups is 1. The molecule has 26 heavy (non-hydrogen) atoms. The molecular formula is C20H23N3O3. The summed E-state index contributed by atoms with van der Waals surface area (Å²) in [4.78, 5) is 28.1. The molecule has 136 valence electrons. The Balaban J connectivity index is 1.44. The number of para-hydroxylation sites is 2. The second-order valence-electron chi connectivity index (χ2n) is 6.30. The minimum absolute atomic E-state index is 0.0161. The smallest absolute Gasteiger partial charge is 0.242 e. The number of nitrogens with zero attached hydrogens (tertiary/aromatic N) is 2. The van der Waals surface area contributed by atoms with Gasteiger partial charge in [0.15, 0.2) is 0 Å². The highest BCUT2D eigenvalue weighted by Crippen LogP contribution is 2.27. The van der Waals surface area contributed by atoms with Crippen molar-refractivity contribution >= 4 is 17.5 Å². The van der Waals surface area contributed by atoms with Crippen molar-refractivity contribution in [1.82, 2.24) is 10.2 Å². The zero-order valence-electron chi connectivity index (χ0n) is 14.6. The van der Waals surface area contributed by atoms with Gasteiger partial charge in [-0.25, -0.2) is 0 Å². The van der Waals surface area contributed by atoms with Gasteiger partial charge in [0, 0.05) is 26.2 Å². The Morgan fingerprint density at radius 2 is 1.58 bits per heavy atom. The van der Waals surface area contributed by atoms with Crippen molar-refractivity contribution in [2.75, 3.05) is 37.6 Å². The van der Waals surface area contributed by atoms with Crippen LogP contribution >= 0.6 is 0 Å². The predicted molar refractivity (Wildman–Crippen MR) is 100 cm³/mol. The first-order chi connectivity index (χ1) is 12.6. The minimum Gasteiger partial charge on any atom is -0.506 e. The number of carbonyl (C=O) groups is 2. The molecule has 2 N–H and O–H groups in total. The number of amides is 2. The van der Waals surface area contributed by atoms with Gasteiger partial charge in [0.1, 0.15) is 5.75 Å². The van der Waals surface area contributed by atoms with Gasteiger partial charge >= 0.3 is 0 Å². The monoisotopic (exact) mass is 353 g/mol. The zero-order chi connectivity index (χ0) is 18.4. The van der Waals surface area contributed by atoms with E-state index in [2.05, 4.69) is 10.2 Å². The maximum absolute atomic E-state index is 12.3. The van der Waals surface area contributed by atoms with Crippen LogP contribution in [0.25, 0.3) is 0 Å². The highest BCUT2D eigenvalue weighted by atomic mass is 16.3. The fourth-order valence-electron chi connectivity index (χ4n) is 3.06. The molecule has 0 spiro atoms. The summed E-state index contributed by atoms with van der Waals surface area (Å²) in [6.07, 6.45) is 0.273. The van der Waals surface area contributed by atoms with Crippen molar-refractivity contribution in [1.29, 1.82) is 0 Å². The molecule has 1 aliphatic heterocycles. The van der Waals surface area contributed by atoms with E-state index in [1.54, 1.807) is 17.0 Å². The lowest BCUT2D eigenvalue weighted by atomic mass is 10.1. The number of nitrogens with one attached hydrogen (secondary N) is 1. The third-order valence-corrected chi connectivity index (χ3v) is 4.50. The topological polar surface area (TPSA) is 72.9 Å². The number of rotatable bonds is 5. The molecule has 0 bridgehead atoms. The Morgan fingerprint density at radius 3 is 2.27 bits per heavy atom. The molecule has 0 radical (unpaired) electrons. The van der Waals surface area contributed by atoms with Gasteiger partial charge in [-0.15, -0.1) is 0 Å². The third-order valence-electron chi connectivity index (χ3n) is 4.50. The van der Waals surface area contributed by atoms with E-state index >= 15 is 0 Å². The Labute approximate surface area is 153 Å². The molecule has 0 aliphatic carbocycles. The molecule has 0 atom stereocenters. The van der Waals surface area contributed by atoms with Crippen LogP contribution in [-0.2, 0) is 16.0 Å². The summed E-state index contributed by atoms with van der Waals surface area (Å²) in [5.41, 5.74) is 1.71. The molecule has 2 aromatic rings. The van der Waals surface area contributed by atoms with E-state index in [0.29, 0.717) is 26.2 Å². The summed E-state index contributed by atoms with van der Waals surface area (Å²) >= 11 is 0. The molecule has 1 aliphatic rings. The van der Waals surface area contributed by atoms with Gasteiger partial charge in [-0.05, 0) is 17.7 Å². The third kappa shape index (κ3) is 4.53. The van der Waals surface area contributed by atoms with Gasteiger partial charge in [-0.3, -0.25) is 9.59 Å². The Morgan fingerprint density at radius 1 is 0.923 bits per heavy atom. The molecule has 6 heteroatoms. The van der Waals surface area contributed by atoms with Crippen LogP contribution in [0.5, 0.6) is 5.75 Å². The summed E-state index contributed by atoms with van der Waals surface area (Å²) in [5, 5.41) is 12.6. The summed E-state index contributed by atoms with van der Waals surface area (Å²) in [7, 11) is 0. The molecule has 6 nitrogen and oxygen atoms in total. The largest absolute Gasteiger partial charge is 0.506 e. The predicted octanol–water partition coefficient (Wildman–Crippen LogP) is 1.40. The highest BCUT2D eigenvalue weighted by Gasteiger charge is 2.22. The summed E-state index contributed by atoms with van der Waals surface area (Å²) in [5.74, 6) is 0.0150. The van der Waals surface area contributed by atoms with Gasteiger partial charge in [0.25, 0.3) is 0 Å². The number of piperazine rings is 1. The molecule has 1 saturated heterocycles. The molecule has 2 aromatic carbocycles. The van der Waals surface area contributed by atoms with Crippen LogP contribution in [0.1, 0.15) is 5.56 Å². The Bertz CT molecular complexity index is 756. The minimum atomic E-state index is -0.155. The van der Waals surface area contributed by atoms with Crippen LogP contribution in [0, 0.1) is 0 Å². The zero-order valence-corrected chi connectivity index (χ0v) is 14.6. The lowest BCUT2D eigenvalue weighted by molar-refractivity contribution is -0.133. The van der Waals surface area contributed by atoms with Crippen LogP contribution in [0.15, 0.2) is 54.6 Å². The first kappa shape index (κ1) is 17.8. The van der Waals surface area contributed by atoms with Crippen molar-refractivity contribution in [3.05, 3.63) is 60.2 Å². The maximum atomic E-state index is 12.3. The summed E-state index contributed by atoms with van der Waals surface area (Å²) in [6.45, 7) is 2.47. The molecule has 0 aromatic heterocycles. The molecular weight excluding hydrogens is 330 g/mol. The number of anilines is 1. The van der Waals surface area contributed by atoms with E-state index in [1.807, 2.05) is 42.5 Å². The number of phenolic OH excluding ortho intramolecular Hbond substituents is 1. The lowest BCUT2D eigenvalue weighted by Gasteiger charge is -2.36. The first-order valence-corrected chi connectivity index (χ1v) is 8.75. The van der Waals surface area contributed by atoms with Gasteiger partial charge in [0.2, 0.25) is 11.8 Å². The fourth-order valence-corrected chi connectivity index (χ4v) is 3.06. The number of hydrogen-bond donors (Lipinski definition) is 2. The molecule has 0 unspecified atom stereocenters. The van der Waals surface area contributed by atoms with E-state index in [9.17, 15) is 14.7 Å². The molecule has 1 heterocycles. The molecule has 1 fully saturated rings.